The summed E-state index contributed by atoms with van der Waals surface area (Å²) in [5.41, 5.74) is 12.2. The lowest BCUT2D eigenvalue weighted by molar-refractivity contribution is -0.119. The maximum absolute atomic E-state index is 12.1. The van der Waals surface area contributed by atoms with E-state index in [2.05, 4.69) is 15.3 Å². The van der Waals surface area contributed by atoms with Gasteiger partial charge in [0, 0.05) is 11.1 Å². The summed E-state index contributed by atoms with van der Waals surface area (Å²) in [5.74, 6) is 0.648. The molecule has 0 bridgehead atoms. The number of hydrogen-bond acceptors (Lipinski definition) is 6. The molecule has 122 valence electrons. The standard InChI is InChI=1S/C15H18ClN5OS/c1-2-11(9-3-5-10(16)6-4-9)19-14(22)8-23-15-20-12(17)7-13(18)21-15/h3-7,11H,2,8H2,1H3,(H,19,22)(H4,17,18,20,21)/t11-/m0/s1. The van der Waals surface area contributed by atoms with E-state index >= 15 is 0 Å². The molecule has 1 amide bonds. The molecule has 0 fully saturated rings. The van der Waals surface area contributed by atoms with Gasteiger partial charge in [-0.2, -0.15) is 0 Å². The number of thioether (sulfide) groups is 1. The molecule has 2 aromatic rings. The van der Waals surface area contributed by atoms with Crippen LogP contribution in [0.15, 0.2) is 35.5 Å². The van der Waals surface area contributed by atoms with Gasteiger partial charge in [0.25, 0.3) is 0 Å². The predicted octanol–water partition coefficient (Wildman–Crippen LogP) is 2.65. The number of halogens is 1. The van der Waals surface area contributed by atoms with Crippen LogP contribution in [0.4, 0.5) is 11.6 Å². The lowest BCUT2D eigenvalue weighted by Gasteiger charge is -2.17. The van der Waals surface area contributed by atoms with Gasteiger partial charge in [0.15, 0.2) is 5.16 Å². The van der Waals surface area contributed by atoms with Crippen molar-refractivity contribution < 1.29 is 4.79 Å². The Bertz CT molecular complexity index is 660. The van der Waals surface area contributed by atoms with Crippen LogP contribution in [0.5, 0.6) is 0 Å². The Labute approximate surface area is 144 Å². The van der Waals surface area contributed by atoms with Gasteiger partial charge in [0.2, 0.25) is 5.91 Å². The van der Waals surface area contributed by atoms with Crippen molar-refractivity contribution in [2.24, 2.45) is 0 Å². The predicted molar refractivity (Wildman–Crippen MR) is 94.2 cm³/mol. The number of nitrogens with two attached hydrogens (primary N) is 2. The van der Waals surface area contributed by atoms with E-state index in [1.165, 1.54) is 17.8 Å². The molecular weight excluding hydrogens is 334 g/mol. The van der Waals surface area contributed by atoms with E-state index in [9.17, 15) is 4.79 Å². The molecule has 23 heavy (non-hydrogen) atoms. The van der Waals surface area contributed by atoms with Crippen LogP contribution in [0, 0.1) is 0 Å². The molecule has 1 aromatic heterocycles. The van der Waals surface area contributed by atoms with Crippen LogP contribution >= 0.6 is 23.4 Å². The number of carbonyl (C=O) groups is 1. The second-order valence-electron chi connectivity index (χ2n) is 4.87. The first-order valence-electron chi connectivity index (χ1n) is 7.05. The van der Waals surface area contributed by atoms with Crippen molar-refractivity contribution in [3.8, 4) is 0 Å². The average molecular weight is 352 g/mol. The van der Waals surface area contributed by atoms with Gasteiger partial charge in [0.1, 0.15) is 11.6 Å². The van der Waals surface area contributed by atoms with Gasteiger partial charge in [0.05, 0.1) is 11.8 Å². The molecule has 0 saturated carbocycles. The monoisotopic (exact) mass is 351 g/mol. The largest absolute Gasteiger partial charge is 0.383 e. The summed E-state index contributed by atoms with van der Waals surface area (Å²) in [6.45, 7) is 2.01. The molecule has 1 atom stereocenters. The number of benzene rings is 1. The topological polar surface area (TPSA) is 107 Å². The van der Waals surface area contributed by atoms with Crippen LogP contribution < -0.4 is 16.8 Å². The number of nitrogens with zero attached hydrogens (tertiary/aromatic N) is 2. The summed E-state index contributed by atoms with van der Waals surface area (Å²) in [5, 5.41) is 4.04. The summed E-state index contributed by atoms with van der Waals surface area (Å²) in [7, 11) is 0. The SMILES string of the molecule is CC[C@H](NC(=O)CSc1nc(N)cc(N)n1)c1ccc(Cl)cc1. The van der Waals surface area contributed by atoms with Gasteiger partial charge in [-0.05, 0) is 24.1 Å². The zero-order chi connectivity index (χ0) is 16.8. The molecule has 6 nitrogen and oxygen atoms in total. The summed E-state index contributed by atoms with van der Waals surface area (Å²) in [4.78, 5) is 20.2. The fourth-order valence-corrected chi connectivity index (χ4v) is 2.82. The van der Waals surface area contributed by atoms with Crippen molar-refractivity contribution in [2.75, 3.05) is 17.2 Å². The summed E-state index contributed by atoms with van der Waals surface area (Å²) < 4.78 is 0. The Morgan fingerprint density at radius 1 is 1.26 bits per heavy atom. The quantitative estimate of drug-likeness (QED) is 0.545. The second-order valence-corrected chi connectivity index (χ2v) is 6.25. The molecular formula is C15H18ClN5OS. The molecule has 8 heteroatoms. The molecule has 5 N–H and O–H groups in total. The smallest absolute Gasteiger partial charge is 0.230 e. The lowest BCUT2D eigenvalue weighted by atomic mass is 10.0. The maximum Gasteiger partial charge on any atom is 0.230 e. The number of nitrogens with one attached hydrogen (secondary N) is 1. The van der Waals surface area contributed by atoms with Crippen LogP contribution in [0.2, 0.25) is 5.02 Å². The van der Waals surface area contributed by atoms with Crippen LogP contribution in [0.3, 0.4) is 0 Å². The van der Waals surface area contributed by atoms with Gasteiger partial charge in [-0.25, -0.2) is 9.97 Å². The van der Waals surface area contributed by atoms with Crippen molar-refractivity contribution >= 4 is 40.9 Å². The van der Waals surface area contributed by atoms with E-state index in [0.717, 1.165) is 12.0 Å². The first kappa shape index (κ1) is 17.4. The molecule has 1 heterocycles. The minimum Gasteiger partial charge on any atom is -0.383 e. The second kappa shape index (κ2) is 8.03. The van der Waals surface area contributed by atoms with Crippen LogP contribution in [0.25, 0.3) is 0 Å². The highest BCUT2D eigenvalue weighted by molar-refractivity contribution is 7.99. The lowest BCUT2D eigenvalue weighted by Crippen LogP contribution is -2.29. The van der Waals surface area contributed by atoms with E-state index in [4.69, 9.17) is 23.1 Å². The first-order valence-corrected chi connectivity index (χ1v) is 8.42. The van der Waals surface area contributed by atoms with Gasteiger partial charge in [-0.3, -0.25) is 4.79 Å². The molecule has 0 aliphatic heterocycles. The van der Waals surface area contributed by atoms with Crippen LogP contribution in [-0.2, 0) is 4.79 Å². The molecule has 0 aliphatic rings. The molecule has 0 aliphatic carbocycles. The number of nitrogen functional groups attached to an aromatic ring is 2. The number of anilines is 2. The highest BCUT2D eigenvalue weighted by Gasteiger charge is 2.13. The highest BCUT2D eigenvalue weighted by atomic mass is 35.5. The van der Waals surface area contributed by atoms with Crippen LogP contribution in [0.1, 0.15) is 24.9 Å². The van der Waals surface area contributed by atoms with E-state index in [0.29, 0.717) is 10.2 Å². The highest BCUT2D eigenvalue weighted by Crippen LogP contribution is 2.20. The van der Waals surface area contributed by atoms with Crippen molar-refractivity contribution in [3.05, 3.63) is 40.9 Å². The maximum atomic E-state index is 12.1. The Kier molecular flexibility index (Phi) is 6.06. The number of carbonyl (C=O) groups excluding carboxylic acids is 1. The van der Waals surface area contributed by atoms with E-state index < -0.39 is 0 Å². The first-order chi connectivity index (χ1) is 11.0. The fraction of sp³-hybridized carbons (Fsp3) is 0.267. The Morgan fingerprint density at radius 2 is 1.87 bits per heavy atom. The third-order valence-electron chi connectivity index (χ3n) is 3.09. The number of amides is 1. The van der Waals surface area contributed by atoms with E-state index in [-0.39, 0.29) is 29.3 Å². The normalized spacial score (nSPS) is 11.9. The minimum atomic E-state index is -0.110. The van der Waals surface area contributed by atoms with Gasteiger partial charge in [-0.1, -0.05) is 42.4 Å². The van der Waals surface area contributed by atoms with Gasteiger partial charge >= 0.3 is 0 Å². The van der Waals surface area contributed by atoms with E-state index in [1.54, 1.807) is 0 Å². The zero-order valence-corrected chi connectivity index (χ0v) is 14.2. The molecule has 0 saturated heterocycles. The molecule has 0 unspecified atom stereocenters. The van der Waals surface area contributed by atoms with Crippen molar-refractivity contribution in [2.45, 2.75) is 24.5 Å². The van der Waals surface area contributed by atoms with Crippen molar-refractivity contribution in [1.29, 1.82) is 0 Å². The molecule has 0 radical (unpaired) electrons. The zero-order valence-electron chi connectivity index (χ0n) is 12.6. The van der Waals surface area contributed by atoms with E-state index in [1.807, 2.05) is 31.2 Å². The molecule has 1 aromatic carbocycles. The summed E-state index contributed by atoms with van der Waals surface area (Å²) in [6, 6.07) is 8.84. The summed E-state index contributed by atoms with van der Waals surface area (Å²) >= 11 is 7.07. The Hall–Kier alpha value is -1.99. The number of aromatic nitrogens is 2. The number of hydrogen-bond donors (Lipinski definition) is 3. The van der Waals surface area contributed by atoms with Crippen molar-refractivity contribution in [3.63, 3.8) is 0 Å². The molecule has 0 spiro atoms. The third-order valence-corrected chi connectivity index (χ3v) is 4.19. The van der Waals surface area contributed by atoms with Gasteiger partial charge in [-0.15, -0.1) is 0 Å². The number of rotatable bonds is 6. The Balaban J connectivity index is 1.93. The molecule has 2 rings (SSSR count). The fourth-order valence-electron chi connectivity index (χ4n) is 2.01. The summed E-state index contributed by atoms with van der Waals surface area (Å²) in [6.07, 6.45) is 0.778. The minimum absolute atomic E-state index is 0.0628. The third kappa shape index (κ3) is 5.30. The average Bonchev–Trinajstić information content (AvgIpc) is 2.51. The van der Waals surface area contributed by atoms with Gasteiger partial charge < -0.3 is 16.8 Å². The Morgan fingerprint density at radius 3 is 2.43 bits per heavy atom. The van der Waals surface area contributed by atoms with Crippen molar-refractivity contribution in [1.82, 2.24) is 15.3 Å². The van der Waals surface area contributed by atoms with Crippen LogP contribution in [-0.4, -0.2) is 21.6 Å².